The van der Waals surface area contributed by atoms with Gasteiger partial charge in [-0.15, -0.1) is 0 Å². The average Bonchev–Trinajstić information content (AvgIpc) is 2.47. The van der Waals surface area contributed by atoms with Crippen LogP contribution in [0.5, 0.6) is 11.6 Å². The summed E-state index contributed by atoms with van der Waals surface area (Å²) >= 11 is 0. The third kappa shape index (κ3) is 3.72. The van der Waals surface area contributed by atoms with Gasteiger partial charge in [0.25, 0.3) is 0 Å². The maximum Gasteiger partial charge on any atom is 0.451 e. The van der Waals surface area contributed by atoms with E-state index in [4.69, 9.17) is 9.47 Å². The van der Waals surface area contributed by atoms with Crippen molar-refractivity contribution < 1.29 is 27.4 Å². The summed E-state index contributed by atoms with van der Waals surface area (Å²) in [7, 11) is 0. The van der Waals surface area contributed by atoms with Gasteiger partial charge in [0.2, 0.25) is 11.7 Å². The highest BCUT2D eigenvalue weighted by molar-refractivity contribution is 5.91. The van der Waals surface area contributed by atoms with Crippen LogP contribution in [0, 0.1) is 0 Å². The van der Waals surface area contributed by atoms with E-state index in [1.54, 1.807) is 25.1 Å². The Labute approximate surface area is 123 Å². The Morgan fingerprint density at radius 1 is 1.23 bits per heavy atom. The number of esters is 1. The molecule has 1 heterocycles. The minimum absolute atomic E-state index is 0.0602. The van der Waals surface area contributed by atoms with Crippen LogP contribution in [0.25, 0.3) is 0 Å². The lowest BCUT2D eigenvalue weighted by atomic mass is 10.3. The maximum absolute atomic E-state index is 12.7. The summed E-state index contributed by atoms with van der Waals surface area (Å²) in [5.41, 5.74) is -0.279. The number of rotatable bonds is 4. The summed E-state index contributed by atoms with van der Waals surface area (Å²) in [5.74, 6) is -2.53. The Morgan fingerprint density at radius 2 is 1.91 bits per heavy atom. The third-order valence-corrected chi connectivity index (χ3v) is 2.46. The first kappa shape index (κ1) is 15.7. The minimum atomic E-state index is -4.75. The highest BCUT2D eigenvalue weighted by Gasteiger charge is 2.36. The quantitative estimate of drug-likeness (QED) is 0.809. The smallest absolute Gasteiger partial charge is 0.451 e. The predicted molar refractivity (Wildman–Crippen MR) is 69.5 cm³/mol. The Morgan fingerprint density at radius 3 is 2.50 bits per heavy atom. The van der Waals surface area contributed by atoms with Crippen LogP contribution in [0.1, 0.15) is 23.1 Å². The van der Waals surface area contributed by atoms with Crippen LogP contribution >= 0.6 is 0 Å². The van der Waals surface area contributed by atoms with E-state index in [0.29, 0.717) is 0 Å². The first-order chi connectivity index (χ1) is 10.4. The maximum atomic E-state index is 12.7. The van der Waals surface area contributed by atoms with Crippen LogP contribution in [0.4, 0.5) is 13.2 Å². The Bertz CT molecular complexity index is 660. The second kappa shape index (κ2) is 6.42. The SMILES string of the molecule is CCOC(=O)c1cnc(C(F)(F)F)nc1Oc1ccccc1. The summed E-state index contributed by atoms with van der Waals surface area (Å²) in [6.45, 7) is 1.63. The second-order valence-electron chi connectivity index (χ2n) is 4.05. The molecule has 0 saturated carbocycles. The van der Waals surface area contributed by atoms with Gasteiger partial charge in [0.1, 0.15) is 11.3 Å². The number of para-hydroxylation sites is 1. The van der Waals surface area contributed by atoms with Gasteiger partial charge >= 0.3 is 12.1 Å². The largest absolute Gasteiger partial charge is 0.462 e. The van der Waals surface area contributed by atoms with Gasteiger partial charge in [0, 0.05) is 6.20 Å². The monoisotopic (exact) mass is 312 g/mol. The molecule has 0 radical (unpaired) electrons. The molecule has 0 atom stereocenters. The molecular formula is C14H11F3N2O3. The average molecular weight is 312 g/mol. The number of carbonyl (C=O) groups excluding carboxylic acids is 1. The van der Waals surface area contributed by atoms with Gasteiger partial charge in [0.15, 0.2) is 0 Å². The van der Waals surface area contributed by atoms with Crippen molar-refractivity contribution in [2.24, 2.45) is 0 Å². The number of hydrogen-bond donors (Lipinski definition) is 0. The van der Waals surface area contributed by atoms with Crippen molar-refractivity contribution in [2.45, 2.75) is 13.1 Å². The molecule has 0 aliphatic carbocycles. The van der Waals surface area contributed by atoms with E-state index in [-0.39, 0.29) is 17.9 Å². The van der Waals surface area contributed by atoms with E-state index in [9.17, 15) is 18.0 Å². The van der Waals surface area contributed by atoms with Crippen molar-refractivity contribution in [1.82, 2.24) is 9.97 Å². The zero-order valence-corrected chi connectivity index (χ0v) is 11.4. The number of benzene rings is 1. The zero-order valence-electron chi connectivity index (χ0n) is 11.4. The molecule has 0 unspecified atom stereocenters. The highest BCUT2D eigenvalue weighted by Crippen LogP contribution is 2.30. The number of halogens is 3. The molecule has 1 aromatic carbocycles. The lowest BCUT2D eigenvalue weighted by Gasteiger charge is -2.11. The predicted octanol–water partition coefficient (Wildman–Crippen LogP) is 3.46. The molecular weight excluding hydrogens is 301 g/mol. The van der Waals surface area contributed by atoms with Crippen molar-refractivity contribution in [3.05, 3.63) is 47.9 Å². The first-order valence-electron chi connectivity index (χ1n) is 6.26. The van der Waals surface area contributed by atoms with E-state index in [0.717, 1.165) is 6.20 Å². The van der Waals surface area contributed by atoms with E-state index in [1.807, 2.05) is 0 Å². The van der Waals surface area contributed by atoms with Crippen LogP contribution in [-0.4, -0.2) is 22.5 Å². The molecule has 1 aromatic heterocycles. The summed E-state index contributed by atoms with van der Waals surface area (Å²) in [4.78, 5) is 18.2. The van der Waals surface area contributed by atoms with E-state index < -0.39 is 23.8 Å². The van der Waals surface area contributed by atoms with Crippen molar-refractivity contribution in [3.8, 4) is 11.6 Å². The molecule has 2 aromatic rings. The number of aromatic nitrogens is 2. The summed E-state index contributed by atoms with van der Waals surface area (Å²) in [6, 6.07) is 8.01. The zero-order chi connectivity index (χ0) is 16.2. The first-order valence-corrected chi connectivity index (χ1v) is 6.26. The summed E-state index contributed by atoms with van der Waals surface area (Å²) in [6.07, 6.45) is -4.01. The molecule has 22 heavy (non-hydrogen) atoms. The van der Waals surface area contributed by atoms with Gasteiger partial charge in [-0.3, -0.25) is 0 Å². The fraction of sp³-hybridized carbons (Fsp3) is 0.214. The molecule has 0 N–H and O–H groups in total. The fourth-order valence-electron chi connectivity index (χ4n) is 1.53. The van der Waals surface area contributed by atoms with Gasteiger partial charge in [-0.2, -0.15) is 18.2 Å². The normalized spacial score (nSPS) is 11.1. The van der Waals surface area contributed by atoms with E-state index >= 15 is 0 Å². The molecule has 0 bridgehead atoms. The fourth-order valence-corrected chi connectivity index (χ4v) is 1.53. The van der Waals surface area contributed by atoms with Crippen molar-refractivity contribution in [3.63, 3.8) is 0 Å². The lowest BCUT2D eigenvalue weighted by Crippen LogP contribution is -2.15. The number of nitrogens with zero attached hydrogens (tertiary/aromatic N) is 2. The molecule has 8 heteroatoms. The van der Waals surface area contributed by atoms with Crippen molar-refractivity contribution in [1.29, 1.82) is 0 Å². The summed E-state index contributed by atoms with van der Waals surface area (Å²) < 4.78 is 48.1. The minimum Gasteiger partial charge on any atom is -0.462 e. The molecule has 5 nitrogen and oxygen atoms in total. The van der Waals surface area contributed by atoms with Crippen LogP contribution in [0.3, 0.4) is 0 Å². The summed E-state index contributed by atoms with van der Waals surface area (Å²) in [5, 5.41) is 0. The Balaban J connectivity index is 2.43. The third-order valence-electron chi connectivity index (χ3n) is 2.46. The van der Waals surface area contributed by atoms with Gasteiger partial charge in [-0.05, 0) is 19.1 Å². The lowest BCUT2D eigenvalue weighted by molar-refractivity contribution is -0.145. The Hall–Kier alpha value is -2.64. The number of ether oxygens (including phenoxy) is 2. The Kier molecular flexibility index (Phi) is 4.59. The molecule has 0 saturated heterocycles. The van der Waals surface area contributed by atoms with Crippen LogP contribution in [0.2, 0.25) is 0 Å². The molecule has 0 amide bonds. The number of alkyl halides is 3. The second-order valence-corrected chi connectivity index (χ2v) is 4.05. The van der Waals surface area contributed by atoms with Gasteiger partial charge in [-0.25, -0.2) is 9.78 Å². The molecule has 116 valence electrons. The van der Waals surface area contributed by atoms with Crippen LogP contribution in [-0.2, 0) is 10.9 Å². The number of carbonyl (C=O) groups is 1. The van der Waals surface area contributed by atoms with Crippen LogP contribution < -0.4 is 4.74 Å². The van der Waals surface area contributed by atoms with Crippen molar-refractivity contribution >= 4 is 5.97 Å². The van der Waals surface area contributed by atoms with Gasteiger partial charge in [0.05, 0.1) is 6.61 Å². The molecule has 0 aliphatic heterocycles. The molecule has 0 aliphatic rings. The van der Waals surface area contributed by atoms with E-state index in [2.05, 4.69) is 9.97 Å². The molecule has 2 rings (SSSR count). The van der Waals surface area contributed by atoms with Gasteiger partial charge < -0.3 is 9.47 Å². The molecule has 0 fully saturated rings. The molecule has 0 spiro atoms. The van der Waals surface area contributed by atoms with Gasteiger partial charge in [-0.1, -0.05) is 18.2 Å². The van der Waals surface area contributed by atoms with Crippen LogP contribution in [0.15, 0.2) is 36.5 Å². The highest BCUT2D eigenvalue weighted by atomic mass is 19.4. The number of hydrogen-bond acceptors (Lipinski definition) is 5. The topological polar surface area (TPSA) is 61.3 Å². The standard InChI is InChI=1S/C14H11F3N2O3/c1-2-21-12(20)10-8-18-13(14(15,16)17)19-11(10)22-9-6-4-3-5-7-9/h3-8H,2H2,1H3. The van der Waals surface area contributed by atoms with E-state index in [1.165, 1.54) is 12.1 Å². The van der Waals surface area contributed by atoms with Crippen molar-refractivity contribution in [2.75, 3.05) is 6.61 Å².